The van der Waals surface area contributed by atoms with E-state index < -0.39 is 5.60 Å². The van der Waals surface area contributed by atoms with Gasteiger partial charge in [0.1, 0.15) is 11.6 Å². The van der Waals surface area contributed by atoms with Gasteiger partial charge >= 0.3 is 0 Å². The summed E-state index contributed by atoms with van der Waals surface area (Å²) in [6, 6.07) is 1.97. The summed E-state index contributed by atoms with van der Waals surface area (Å²) in [6.45, 7) is 6.83. The van der Waals surface area contributed by atoms with Gasteiger partial charge in [-0.2, -0.15) is 0 Å². The average molecular weight is 263 g/mol. The minimum Gasteiger partial charge on any atom is -0.388 e. The van der Waals surface area contributed by atoms with Crippen molar-refractivity contribution in [3.05, 3.63) is 17.6 Å². The fourth-order valence-corrected chi connectivity index (χ4v) is 2.63. The van der Waals surface area contributed by atoms with Gasteiger partial charge in [-0.25, -0.2) is 9.97 Å². The quantitative estimate of drug-likeness (QED) is 0.877. The first-order valence-corrected chi connectivity index (χ1v) is 7.31. The van der Waals surface area contributed by atoms with E-state index in [0.717, 1.165) is 55.4 Å². The summed E-state index contributed by atoms with van der Waals surface area (Å²) in [5, 5.41) is 13.8. The van der Waals surface area contributed by atoms with Gasteiger partial charge in [0.2, 0.25) is 0 Å². The predicted molar refractivity (Wildman–Crippen MR) is 77.2 cm³/mol. The lowest BCUT2D eigenvalue weighted by Gasteiger charge is -2.35. The maximum absolute atomic E-state index is 10.5. The summed E-state index contributed by atoms with van der Waals surface area (Å²) in [6.07, 6.45) is 4.89. The summed E-state index contributed by atoms with van der Waals surface area (Å²) >= 11 is 0. The molecule has 0 radical (unpaired) electrons. The summed E-state index contributed by atoms with van der Waals surface area (Å²) in [5.41, 5.74) is 0.469. The van der Waals surface area contributed by atoms with Gasteiger partial charge in [0.25, 0.3) is 0 Å². The molecule has 19 heavy (non-hydrogen) atoms. The minimum atomic E-state index is -0.572. The number of hydrogen-bond donors (Lipinski definition) is 2. The normalized spacial score (nSPS) is 27.3. The van der Waals surface area contributed by atoms with E-state index in [1.165, 1.54) is 0 Å². The SMILES string of the molecule is CCc1cc(NCC2(O)CCC(C)CC2)nc(C)n1. The highest BCUT2D eigenvalue weighted by atomic mass is 16.3. The number of aromatic nitrogens is 2. The van der Waals surface area contributed by atoms with E-state index in [9.17, 15) is 5.11 Å². The Bertz CT molecular complexity index is 425. The Kier molecular flexibility index (Phi) is 4.40. The second-order valence-corrected chi connectivity index (χ2v) is 5.91. The molecule has 0 aromatic carbocycles. The van der Waals surface area contributed by atoms with Gasteiger partial charge in [0.15, 0.2) is 0 Å². The van der Waals surface area contributed by atoms with Crippen molar-refractivity contribution in [3.8, 4) is 0 Å². The minimum absolute atomic E-state index is 0.572. The Labute approximate surface area is 115 Å². The van der Waals surface area contributed by atoms with Gasteiger partial charge in [-0.3, -0.25) is 0 Å². The largest absolute Gasteiger partial charge is 0.388 e. The Balaban J connectivity index is 1.96. The Morgan fingerprint density at radius 1 is 1.37 bits per heavy atom. The van der Waals surface area contributed by atoms with Gasteiger partial charge in [-0.05, 0) is 44.9 Å². The summed E-state index contributed by atoms with van der Waals surface area (Å²) in [5.74, 6) is 2.36. The molecule has 0 aliphatic heterocycles. The smallest absolute Gasteiger partial charge is 0.130 e. The maximum atomic E-state index is 10.5. The van der Waals surface area contributed by atoms with Crippen molar-refractivity contribution < 1.29 is 5.11 Å². The van der Waals surface area contributed by atoms with Crippen LogP contribution in [0.3, 0.4) is 0 Å². The lowest BCUT2D eigenvalue weighted by Crippen LogP contribution is -2.40. The van der Waals surface area contributed by atoms with Crippen LogP contribution in [0.2, 0.25) is 0 Å². The number of hydrogen-bond acceptors (Lipinski definition) is 4. The molecule has 1 heterocycles. The maximum Gasteiger partial charge on any atom is 0.130 e. The third-order valence-electron chi connectivity index (χ3n) is 4.06. The van der Waals surface area contributed by atoms with Crippen molar-refractivity contribution in [1.29, 1.82) is 0 Å². The zero-order chi connectivity index (χ0) is 13.9. The molecule has 106 valence electrons. The zero-order valence-corrected chi connectivity index (χ0v) is 12.2. The first-order valence-electron chi connectivity index (χ1n) is 7.31. The van der Waals surface area contributed by atoms with Crippen LogP contribution in [0.4, 0.5) is 5.82 Å². The van der Waals surface area contributed by atoms with E-state index in [4.69, 9.17) is 0 Å². The van der Waals surface area contributed by atoms with Crippen molar-refractivity contribution in [2.24, 2.45) is 5.92 Å². The highest BCUT2D eigenvalue weighted by Crippen LogP contribution is 2.31. The second kappa shape index (κ2) is 5.87. The number of aliphatic hydroxyl groups is 1. The molecule has 4 heteroatoms. The van der Waals surface area contributed by atoms with E-state index in [2.05, 4.69) is 29.1 Å². The number of rotatable bonds is 4. The molecule has 0 amide bonds. The average Bonchev–Trinajstić information content (AvgIpc) is 2.40. The molecule has 1 saturated carbocycles. The zero-order valence-electron chi connectivity index (χ0n) is 12.2. The summed E-state index contributed by atoms with van der Waals surface area (Å²) in [4.78, 5) is 8.74. The van der Waals surface area contributed by atoms with Crippen LogP contribution in [0.25, 0.3) is 0 Å². The first-order chi connectivity index (χ1) is 9.00. The van der Waals surface area contributed by atoms with Crippen molar-refractivity contribution in [3.63, 3.8) is 0 Å². The Morgan fingerprint density at radius 2 is 2.05 bits per heavy atom. The highest BCUT2D eigenvalue weighted by molar-refractivity contribution is 5.36. The number of nitrogens with one attached hydrogen (secondary N) is 1. The third kappa shape index (κ3) is 3.90. The molecule has 0 unspecified atom stereocenters. The van der Waals surface area contributed by atoms with E-state index in [1.54, 1.807) is 0 Å². The van der Waals surface area contributed by atoms with Crippen LogP contribution in [-0.4, -0.2) is 27.2 Å². The molecule has 1 aliphatic rings. The molecular formula is C15H25N3O. The molecule has 0 atom stereocenters. The highest BCUT2D eigenvalue weighted by Gasteiger charge is 2.31. The van der Waals surface area contributed by atoms with Crippen LogP contribution >= 0.6 is 0 Å². The predicted octanol–water partition coefficient (Wildman–Crippen LogP) is 2.70. The van der Waals surface area contributed by atoms with Crippen LogP contribution < -0.4 is 5.32 Å². The van der Waals surface area contributed by atoms with E-state index in [1.807, 2.05) is 13.0 Å². The van der Waals surface area contributed by atoms with E-state index >= 15 is 0 Å². The molecule has 2 rings (SSSR count). The molecule has 2 N–H and O–H groups in total. The van der Waals surface area contributed by atoms with Crippen LogP contribution in [0.5, 0.6) is 0 Å². The van der Waals surface area contributed by atoms with E-state index in [-0.39, 0.29) is 0 Å². The lowest BCUT2D eigenvalue weighted by molar-refractivity contribution is 0.00494. The standard InChI is InChI=1S/C15H25N3O/c1-4-13-9-14(18-12(3)17-13)16-10-15(19)7-5-11(2)6-8-15/h9,11,19H,4-8,10H2,1-3H3,(H,16,17,18). The van der Waals surface area contributed by atoms with Crippen molar-refractivity contribution in [2.45, 2.75) is 58.5 Å². The fraction of sp³-hybridized carbons (Fsp3) is 0.733. The van der Waals surface area contributed by atoms with Crippen LogP contribution in [0, 0.1) is 12.8 Å². The monoisotopic (exact) mass is 263 g/mol. The molecule has 1 aliphatic carbocycles. The Hall–Kier alpha value is -1.16. The molecule has 0 bridgehead atoms. The van der Waals surface area contributed by atoms with Crippen LogP contribution in [0.1, 0.15) is 51.0 Å². The summed E-state index contributed by atoms with van der Waals surface area (Å²) < 4.78 is 0. The molecule has 1 fully saturated rings. The Morgan fingerprint density at radius 3 is 2.68 bits per heavy atom. The van der Waals surface area contributed by atoms with Crippen molar-refractivity contribution in [1.82, 2.24) is 9.97 Å². The second-order valence-electron chi connectivity index (χ2n) is 5.91. The van der Waals surface area contributed by atoms with Gasteiger partial charge in [-0.15, -0.1) is 0 Å². The van der Waals surface area contributed by atoms with Gasteiger partial charge in [0, 0.05) is 18.3 Å². The molecular weight excluding hydrogens is 238 g/mol. The fourth-order valence-electron chi connectivity index (χ4n) is 2.63. The lowest BCUT2D eigenvalue weighted by atomic mass is 9.79. The van der Waals surface area contributed by atoms with E-state index in [0.29, 0.717) is 6.54 Å². The van der Waals surface area contributed by atoms with Crippen LogP contribution in [0.15, 0.2) is 6.07 Å². The first kappa shape index (κ1) is 14.3. The molecule has 1 aromatic heterocycles. The third-order valence-corrected chi connectivity index (χ3v) is 4.06. The van der Waals surface area contributed by atoms with Gasteiger partial charge in [0.05, 0.1) is 5.60 Å². The number of anilines is 1. The molecule has 0 spiro atoms. The molecule has 0 saturated heterocycles. The number of aryl methyl sites for hydroxylation is 2. The number of nitrogens with zero attached hydrogens (tertiary/aromatic N) is 2. The summed E-state index contributed by atoms with van der Waals surface area (Å²) in [7, 11) is 0. The molecule has 4 nitrogen and oxygen atoms in total. The molecule has 1 aromatic rings. The van der Waals surface area contributed by atoms with Gasteiger partial charge in [-0.1, -0.05) is 13.8 Å². The van der Waals surface area contributed by atoms with Crippen molar-refractivity contribution in [2.75, 3.05) is 11.9 Å². The van der Waals surface area contributed by atoms with Crippen LogP contribution in [-0.2, 0) is 6.42 Å². The van der Waals surface area contributed by atoms with Crippen molar-refractivity contribution >= 4 is 5.82 Å². The van der Waals surface area contributed by atoms with Gasteiger partial charge < -0.3 is 10.4 Å². The topological polar surface area (TPSA) is 58.0 Å².